The van der Waals surface area contributed by atoms with Gasteiger partial charge in [0.05, 0.1) is 18.6 Å². The van der Waals surface area contributed by atoms with E-state index in [2.05, 4.69) is 21.3 Å². The van der Waals surface area contributed by atoms with Crippen LogP contribution in [0.3, 0.4) is 0 Å². The Kier molecular flexibility index (Phi) is 11.7. The third-order valence-corrected chi connectivity index (χ3v) is 7.57. The van der Waals surface area contributed by atoms with E-state index < -0.39 is 41.9 Å². The smallest absolute Gasteiger partial charge is 0.245 e. The van der Waals surface area contributed by atoms with Crippen LogP contribution >= 0.6 is 0 Å². The molecule has 3 rings (SSSR count). The van der Waals surface area contributed by atoms with Crippen LogP contribution in [0.25, 0.3) is 0 Å². The monoisotopic (exact) mass is 548 g/mol. The molecule has 39 heavy (non-hydrogen) atoms. The highest BCUT2D eigenvalue weighted by Crippen LogP contribution is 2.22. The zero-order valence-corrected chi connectivity index (χ0v) is 22.7. The van der Waals surface area contributed by atoms with Crippen molar-refractivity contribution in [1.29, 1.82) is 0 Å². The Labute approximate surface area is 229 Å². The van der Waals surface area contributed by atoms with Crippen molar-refractivity contribution >= 4 is 35.8 Å². The minimum Gasteiger partial charge on any atom is -0.345 e. The summed E-state index contributed by atoms with van der Waals surface area (Å²) in [4.78, 5) is 78.4. The molecule has 3 heterocycles. The fourth-order valence-corrected chi connectivity index (χ4v) is 5.52. The van der Waals surface area contributed by atoms with E-state index in [1.54, 1.807) is 11.2 Å². The van der Waals surface area contributed by atoms with Crippen LogP contribution in [-0.2, 0) is 28.8 Å². The summed E-state index contributed by atoms with van der Waals surface area (Å²) in [5.41, 5.74) is 5.60. The van der Waals surface area contributed by atoms with Gasteiger partial charge in [-0.25, -0.2) is 0 Å². The van der Waals surface area contributed by atoms with Gasteiger partial charge in [-0.2, -0.15) is 0 Å². The third-order valence-electron chi connectivity index (χ3n) is 7.57. The van der Waals surface area contributed by atoms with Gasteiger partial charge in [-0.3, -0.25) is 28.8 Å². The van der Waals surface area contributed by atoms with E-state index in [-0.39, 0.29) is 24.4 Å². The maximum absolute atomic E-state index is 13.4. The molecule has 3 fully saturated rings. The van der Waals surface area contributed by atoms with E-state index in [1.165, 1.54) is 11.8 Å². The third kappa shape index (κ3) is 8.21. The Morgan fingerprint density at radius 2 is 1.64 bits per heavy atom. The van der Waals surface area contributed by atoms with E-state index in [4.69, 9.17) is 5.73 Å². The molecule has 3 saturated heterocycles. The van der Waals surface area contributed by atoms with Gasteiger partial charge in [-0.05, 0) is 77.8 Å². The van der Waals surface area contributed by atoms with Gasteiger partial charge in [0.1, 0.15) is 18.1 Å². The molecule has 3 aliphatic rings. The van der Waals surface area contributed by atoms with E-state index in [1.807, 2.05) is 0 Å². The van der Waals surface area contributed by atoms with Crippen molar-refractivity contribution < 1.29 is 28.8 Å². The fraction of sp³-hybridized carbons (Fsp3) is 0.769. The second-order valence-corrected chi connectivity index (χ2v) is 10.5. The maximum Gasteiger partial charge on any atom is 0.245 e. The molecule has 0 aliphatic carbocycles. The molecule has 6 N–H and O–H groups in total. The molecule has 0 aromatic heterocycles. The summed E-state index contributed by atoms with van der Waals surface area (Å²) >= 11 is 0. The second-order valence-electron chi connectivity index (χ2n) is 10.5. The highest BCUT2D eigenvalue weighted by molar-refractivity contribution is 5.95. The highest BCUT2D eigenvalue weighted by Gasteiger charge is 2.39. The zero-order chi connectivity index (χ0) is 28.4. The van der Waals surface area contributed by atoms with Crippen LogP contribution in [0, 0.1) is 0 Å². The standard InChI is InChI=1S/C26H42N7O6/c1-17(16-34)30-24(37)21-10-6-14-33(21)26(39)19(7-2-3-11-27)31-22(35)15-29-23(36)20-9-5-13-32(20)25(38)18-8-4-12-28-18/h17-21,28H,2-15,27H2,1H3,(H,29,36)(H,30,37)(H,31,35)/t17-,18-,19-,20-,21-/m0/s1. The molecule has 13 nitrogen and oxygen atoms in total. The quantitative estimate of drug-likeness (QED) is 0.165. The van der Waals surface area contributed by atoms with E-state index in [0.29, 0.717) is 64.6 Å². The molecule has 0 aromatic carbocycles. The van der Waals surface area contributed by atoms with E-state index in [9.17, 15) is 28.8 Å². The molecule has 0 unspecified atom stereocenters. The number of amides is 5. The molecular weight excluding hydrogens is 506 g/mol. The lowest BCUT2D eigenvalue weighted by Gasteiger charge is -2.29. The number of nitrogens with zero attached hydrogens (tertiary/aromatic N) is 2. The first-order valence-corrected chi connectivity index (χ1v) is 14.1. The van der Waals surface area contributed by atoms with Crippen LogP contribution in [-0.4, -0.2) is 109 Å². The molecule has 5 atom stereocenters. The lowest BCUT2D eigenvalue weighted by atomic mass is 10.1. The van der Waals surface area contributed by atoms with Crippen LogP contribution in [0.2, 0.25) is 0 Å². The molecule has 0 spiro atoms. The molecule has 1 radical (unpaired) electrons. The second kappa shape index (κ2) is 14.9. The molecule has 13 heteroatoms. The first kappa shape index (κ1) is 30.5. The van der Waals surface area contributed by atoms with Crippen LogP contribution in [0.4, 0.5) is 0 Å². The van der Waals surface area contributed by atoms with E-state index in [0.717, 1.165) is 19.4 Å². The Hall–Kier alpha value is -3.06. The largest absolute Gasteiger partial charge is 0.345 e. The number of nitrogens with one attached hydrogen (secondary N) is 4. The predicted molar refractivity (Wildman–Crippen MR) is 142 cm³/mol. The molecule has 0 saturated carbocycles. The summed E-state index contributed by atoms with van der Waals surface area (Å²) < 4.78 is 0. The van der Waals surface area contributed by atoms with Crippen molar-refractivity contribution in [2.24, 2.45) is 5.73 Å². The van der Waals surface area contributed by atoms with Crippen LogP contribution in [0.15, 0.2) is 0 Å². The molecule has 5 amide bonds. The average Bonchev–Trinajstić information content (AvgIpc) is 3.72. The van der Waals surface area contributed by atoms with E-state index >= 15 is 0 Å². The molecule has 3 aliphatic heterocycles. The first-order chi connectivity index (χ1) is 18.8. The molecular formula is C26H42N7O6. The van der Waals surface area contributed by atoms with Crippen molar-refractivity contribution in [2.45, 2.75) is 94.9 Å². The Morgan fingerprint density at radius 3 is 2.28 bits per heavy atom. The number of likely N-dealkylation sites (tertiary alicyclic amines) is 2. The lowest BCUT2D eigenvalue weighted by molar-refractivity contribution is -0.142. The van der Waals surface area contributed by atoms with Crippen LogP contribution in [0.1, 0.15) is 64.7 Å². The first-order valence-electron chi connectivity index (χ1n) is 14.1. The number of nitrogens with two attached hydrogens (primary N) is 1. The molecule has 0 bridgehead atoms. The zero-order valence-electron chi connectivity index (χ0n) is 22.7. The number of unbranched alkanes of at least 4 members (excludes halogenated alkanes) is 1. The number of hydrogen-bond donors (Lipinski definition) is 5. The van der Waals surface area contributed by atoms with Gasteiger partial charge in [0.2, 0.25) is 35.8 Å². The summed E-state index contributed by atoms with van der Waals surface area (Å²) in [6, 6.07) is -3.30. The van der Waals surface area contributed by atoms with Crippen molar-refractivity contribution in [3.8, 4) is 0 Å². The minimum absolute atomic E-state index is 0.0789. The Balaban J connectivity index is 1.57. The molecule has 0 aromatic rings. The maximum atomic E-state index is 13.4. The highest BCUT2D eigenvalue weighted by atomic mass is 16.2. The summed E-state index contributed by atoms with van der Waals surface area (Å²) in [6.45, 7) is 3.25. The lowest BCUT2D eigenvalue weighted by Crippen LogP contribution is -2.56. The van der Waals surface area contributed by atoms with Crippen LogP contribution in [0.5, 0.6) is 0 Å². The summed E-state index contributed by atoms with van der Waals surface area (Å²) in [5.74, 6) is -1.82. The fourth-order valence-electron chi connectivity index (χ4n) is 5.52. The van der Waals surface area contributed by atoms with Gasteiger partial charge >= 0.3 is 0 Å². The number of rotatable bonds is 13. The van der Waals surface area contributed by atoms with Gasteiger partial charge in [0, 0.05) is 13.1 Å². The number of carbonyl (C=O) groups is 5. The number of hydrogen-bond acceptors (Lipinski definition) is 8. The Bertz CT molecular complexity index is 909. The van der Waals surface area contributed by atoms with Gasteiger partial charge in [0.15, 0.2) is 0 Å². The Morgan fingerprint density at radius 1 is 0.949 bits per heavy atom. The summed E-state index contributed by atoms with van der Waals surface area (Å²) in [7, 11) is 0. The van der Waals surface area contributed by atoms with Crippen molar-refractivity contribution in [3.05, 3.63) is 0 Å². The normalized spacial score (nSPS) is 24.2. The van der Waals surface area contributed by atoms with Gasteiger partial charge in [-0.1, -0.05) is 0 Å². The van der Waals surface area contributed by atoms with Crippen LogP contribution < -0.4 is 27.0 Å². The molecule has 217 valence electrons. The van der Waals surface area contributed by atoms with Gasteiger partial charge in [0.25, 0.3) is 0 Å². The topological polar surface area (TPSA) is 183 Å². The SMILES string of the molecule is C[C@@H]([C]=O)NC(=O)[C@@H]1CCCN1C(=O)[C@H](CCCCN)NC(=O)CNC(=O)[C@@H]1CCCN1C(=O)[C@@H]1CCCN1. The predicted octanol–water partition coefficient (Wildman–Crippen LogP) is -1.94. The van der Waals surface area contributed by atoms with Crippen molar-refractivity contribution in [3.63, 3.8) is 0 Å². The minimum atomic E-state index is -0.887. The summed E-state index contributed by atoms with van der Waals surface area (Å²) in [6.07, 6.45) is 7.28. The van der Waals surface area contributed by atoms with Gasteiger partial charge in [-0.15, -0.1) is 0 Å². The van der Waals surface area contributed by atoms with Gasteiger partial charge < -0.3 is 36.8 Å². The van der Waals surface area contributed by atoms with Crippen molar-refractivity contribution in [2.75, 3.05) is 32.7 Å². The summed E-state index contributed by atoms with van der Waals surface area (Å²) in [5, 5.41) is 11.0. The average molecular weight is 549 g/mol. The van der Waals surface area contributed by atoms with Crippen molar-refractivity contribution in [1.82, 2.24) is 31.1 Å². The number of carbonyl (C=O) groups excluding carboxylic acids is 6.